The highest BCUT2D eigenvalue weighted by Gasteiger charge is 2.42. The Bertz CT molecular complexity index is 489. The van der Waals surface area contributed by atoms with Crippen LogP contribution in [0.15, 0.2) is 27.8 Å². The van der Waals surface area contributed by atoms with Crippen LogP contribution < -0.4 is 11.1 Å². The fourth-order valence-corrected chi connectivity index (χ4v) is 2.54. The lowest BCUT2D eigenvalue weighted by molar-refractivity contribution is 0.314. The van der Waals surface area contributed by atoms with Crippen LogP contribution in [0.25, 0.3) is 0 Å². The van der Waals surface area contributed by atoms with Crippen molar-refractivity contribution in [3.05, 3.63) is 34.1 Å². The second-order valence-corrected chi connectivity index (χ2v) is 5.96. The van der Waals surface area contributed by atoms with E-state index in [2.05, 4.69) is 26.4 Å². The molecule has 0 saturated heterocycles. The van der Waals surface area contributed by atoms with E-state index in [4.69, 9.17) is 10.9 Å². The quantitative estimate of drug-likeness (QED) is 0.325. The highest BCUT2D eigenvalue weighted by Crippen LogP contribution is 2.48. The summed E-state index contributed by atoms with van der Waals surface area (Å²) in [5, 5.41) is 14.9. The molecule has 4 nitrogen and oxygen atoms in total. The minimum absolute atomic E-state index is 0.107. The van der Waals surface area contributed by atoms with E-state index < -0.39 is 0 Å². The van der Waals surface area contributed by atoms with Gasteiger partial charge in [-0.05, 0) is 42.0 Å². The van der Waals surface area contributed by atoms with Crippen molar-refractivity contribution in [2.24, 2.45) is 16.3 Å². The predicted octanol–water partition coefficient (Wildman–Crippen LogP) is 2.59. The molecule has 0 spiro atoms. The first-order valence-corrected chi connectivity index (χ1v) is 6.95. The fourth-order valence-electron chi connectivity index (χ4n) is 2.15. The zero-order valence-corrected chi connectivity index (χ0v) is 12.1. The fraction of sp³-hybridized carbons (Fsp3) is 0.462. The molecule has 6 heteroatoms. The second-order valence-electron chi connectivity index (χ2n) is 5.11. The summed E-state index contributed by atoms with van der Waals surface area (Å²) in [6.45, 7) is 1.38. The number of amidine groups is 1. The third kappa shape index (κ3) is 3.91. The second kappa shape index (κ2) is 5.88. The lowest BCUT2D eigenvalue weighted by atomic mass is 10.0. The maximum Gasteiger partial charge on any atom is 0.139 e. The largest absolute Gasteiger partial charge is 0.409 e. The standard InChI is InChI=1S/C13H17BrFN3O/c14-11-2-1-10(15)5-9(11)7-17-8-13(3-4-13)6-12(16)18-19/h1-2,5,17,19H,3-4,6-8H2,(H2,16,18). The summed E-state index contributed by atoms with van der Waals surface area (Å²) < 4.78 is 14.0. The molecule has 19 heavy (non-hydrogen) atoms. The first kappa shape index (κ1) is 14.3. The van der Waals surface area contributed by atoms with Crippen LogP contribution in [0.3, 0.4) is 0 Å². The molecule has 0 radical (unpaired) electrons. The van der Waals surface area contributed by atoms with Gasteiger partial charge in [0.2, 0.25) is 0 Å². The third-order valence-electron chi connectivity index (χ3n) is 3.46. The van der Waals surface area contributed by atoms with Gasteiger partial charge in [-0.25, -0.2) is 4.39 Å². The van der Waals surface area contributed by atoms with Crippen LogP contribution in [-0.4, -0.2) is 17.6 Å². The van der Waals surface area contributed by atoms with Crippen molar-refractivity contribution in [1.82, 2.24) is 5.32 Å². The molecule has 0 bridgehead atoms. The van der Waals surface area contributed by atoms with Gasteiger partial charge in [0, 0.05) is 24.0 Å². The molecule has 104 valence electrons. The number of rotatable bonds is 6. The summed E-state index contributed by atoms with van der Waals surface area (Å²) in [4.78, 5) is 0. The molecule has 0 heterocycles. The monoisotopic (exact) mass is 329 g/mol. The van der Waals surface area contributed by atoms with Crippen molar-refractivity contribution in [3.8, 4) is 0 Å². The van der Waals surface area contributed by atoms with Gasteiger partial charge in [-0.2, -0.15) is 0 Å². The summed E-state index contributed by atoms with van der Waals surface area (Å²) in [5.41, 5.74) is 6.54. The summed E-state index contributed by atoms with van der Waals surface area (Å²) in [6, 6.07) is 4.64. The molecule has 1 aromatic rings. The van der Waals surface area contributed by atoms with Crippen LogP contribution in [0.2, 0.25) is 0 Å². The number of benzene rings is 1. The Labute approximate surface area is 120 Å². The van der Waals surface area contributed by atoms with Crippen LogP contribution in [-0.2, 0) is 6.54 Å². The SMILES string of the molecule is NC(CC1(CNCc2cc(F)ccc2Br)CC1)=NO. The van der Waals surface area contributed by atoms with Crippen LogP contribution in [0.5, 0.6) is 0 Å². The topological polar surface area (TPSA) is 70.6 Å². The lowest BCUT2D eigenvalue weighted by Gasteiger charge is -2.15. The van der Waals surface area contributed by atoms with Gasteiger partial charge in [0.25, 0.3) is 0 Å². The number of nitrogens with one attached hydrogen (secondary N) is 1. The van der Waals surface area contributed by atoms with Gasteiger partial charge in [0.1, 0.15) is 11.7 Å². The van der Waals surface area contributed by atoms with Gasteiger partial charge < -0.3 is 16.3 Å². The van der Waals surface area contributed by atoms with Crippen LogP contribution in [0, 0.1) is 11.2 Å². The van der Waals surface area contributed by atoms with Crippen molar-refractivity contribution in [2.45, 2.75) is 25.8 Å². The minimum atomic E-state index is -0.238. The van der Waals surface area contributed by atoms with E-state index >= 15 is 0 Å². The molecule has 1 saturated carbocycles. The highest BCUT2D eigenvalue weighted by molar-refractivity contribution is 9.10. The molecule has 0 atom stereocenters. The zero-order valence-electron chi connectivity index (χ0n) is 10.5. The molecule has 1 aliphatic rings. The molecular formula is C13H17BrFN3O. The first-order valence-electron chi connectivity index (χ1n) is 6.16. The van der Waals surface area contributed by atoms with E-state index in [1.54, 1.807) is 6.07 Å². The van der Waals surface area contributed by atoms with E-state index in [0.29, 0.717) is 13.0 Å². The van der Waals surface area contributed by atoms with Gasteiger partial charge in [0.05, 0.1) is 0 Å². The Morgan fingerprint density at radius 2 is 2.26 bits per heavy atom. The van der Waals surface area contributed by atoms with E-state index in [1.165, 1.54) is 12.1 Å². The maximum atomic E-state index is 13.1. The Balaban J connectivity index is 1.85. The van der Waals surface area contributed by atoms with Crippen molar-refractivity contribution in [2.75, 3.05) is 6.54 Å². The number of halogens is 2. The molecule has 0 aromatic heterocycles. The van der Waals surface area contributed by atoms with Gasteiger partial charge >= 0.3 is 0 Å². The van der Waals surface area contributed by atoms with E-state index in [-0.39, 0.29) is 17.1 Å². The molecule has 0 amide bonds. The van der Waals surface area contributed by atoms with Gasteiger partial charge in [-0.15, -0.1) is 0 Å². The van der Waals surface area contributed by atoms with Gasteiger partial charge in [-0.1, -0.05) is 21.1 Å². The Morgan fingerprint density at radius 3 is 2.89 bits per heavy atom. The van der Waals surface area contributed by atoms with Crippen LogP contribution in [0.1, 0.15) is 24.8 Å². The van der Waals surface area contributed by atoms with Crippen molar-refractivity contribution < 1.29 is 9.60 Å². The number of nitrogens with zero attached hydrogens (tertiary/aromatic N) is 1. The van der Waals surface area contributed by atoms with Crippen LogP contribution in [0.4, 0.5) is 4.39 Å². The molecule has 0 unspecified atom stereocenters. The zero-order chi connectivity index (χ0) is 13.9. The number of hydrogen-bond donors (Lipinski definition) is 3. The van der Waals surface area contributed by atoms with Crippen molar-refractivity contribution in [3.63, 3.8) is 0 Å². The molecular weight excluding hydrogens is 313 g/mol. The first-order chi connectivity index (χ1) is 9.04. The Morgan fingerprint density at radius 1 is 1.53 bits per heavy atom. The molecule has 0 aliphatic heterocycles. The lowest BCUT2D eigenvalue weighted by Crippen LogP contribution is -2.28. The average molecular weight is 330 g/mol. The Kier molecular flexibility index (Phi) is 4.42. The number of hydrogen-bond acceptors (Lipinski definition) is 3. The smallest absolute Gasteiger partial charge is 0.139 e. The predicted molar refractivity (Wildman–Crippen MR) is 75.5 cm³/mol. The average Bonchev–Trinajstić information content (AvgIpc) is 3.13. The minimum Gasteiger partial charge on any atom is -0.409 e. The summed E-state index contributed by atoms with van der Waals surface area (Å²) in [7, 11) is 0. The molecule has 1 aromatic carbocycles. The molecule has 2 rings (SSSR count). The molecule has 1 aliphatic carbocycles. The molecule has 1 fully saturated rings. The van der Waals surface area contributed by atoms with E-state index in [1.807, 2.05) is 0 Å². The normalized spacial score (nSPS) is 17.5. The Hall–Kier alpha value is -1.14. The summed E-state index contributed by atoms with van der Waals surface area (Å²) >= 11 is 3.40. The molecule has 4 N–H and O–H groups in total. The maximum absolute atomic E-state index is 13.1. The van der Waals surface area contributed by atoms with E-state index in [9.17, 15) is 4.39 Å². The van der Waals surface area contributed by atoms with Gasteiger partial charge in [-0.3, -0.25) is 0 Å². The third-order valence-corrected chi connectivity index (χ3v) is 4.24. The van der Waals surface area contributed by atoms with Crippen LogP contribution >= 0.6 is 15.9 Å². The summed E-state index contributed by atoms with van der Waals surface area (Å²) in [6.07, 6.45) is 2.74. The van der Waals surface area contributed by atoms with E-state index in [0.717, 1.165) is 29.4 Å². The van der Waals surface area contributed by atoms with Gasteiger partial charge in [0.15, 0.2) is 0 Å². The number of nitrogens with two attached hydrogens (primary N) is 1. The number of oxime groups is 1. The van der Waals surface area contributed by atoms with Crippen molar-refractivity contribution in [1.29, 1.82) is 0 Å². The summed E-state index contributed by atoms with van der Waals surface area (Å²) in [5.74, 6) is 0.0315. The highest BCUT2D eigenvalue weighted by atomic mass is 79.9. The van der Waals surface area contributed by atoms with Crippen molar-refractivity contribution >= 4 is 21.8 Å².